The molecule has 44 heavy (non-hydrogen) atoms. The van der Waals surface area contributed by atoms with Gasteiger partial charge in [-0.3, -0.25) is 9.78 Å². The van der Waals surface area contributed by atoms with E-state index in [1.807, 2.05) is 42.5 Å². The predicted molar refractivity (Wildman–Crippen MR) is 166 cm³/mol. The van der Waals surface area contributed by atoms with Gasteiger partial charge in [0.05, 0.1) is 16.8 Å². The number of halogens is 3. The van der Waals surface area contributed by atoms with Gasteiger partial charge in [0.25, 0.3) is 0 Å². The van der Waals surface area contributed by atoms with Crippen molar-refractivity contribution in [3.05, 3.63) is 139 Å². The molecular formula is C37H27F3IrNO2-. The minimum Gasteiger partial charge on any atom is -0.512 e. The Balaban J connectivity index is 0.000000497. The fourth-order valence-corrected chi connectivity index (χ4v) is 4.85. The van der Waals surface area contributed by atoms with E-state index < -0.39 is 11.7 Å². The number of carbonyl (C=O) groups is 1. The Morgan fingerprint density at radius 2 is 1.41 bits per heavy atom. The summed E-state index contributed by atoms with van der Waals surface area (Å²) in [5, 5.41) is 11.7. The predicted octanol–water partition coefficient (Wildman–Crippen LogP) is 10.2. The van der Waals surface area contributed by atoms with Crippen molar-refractivity contribution in [1.29, 1.82) is 0 Å². The summed E-state index contributed by atoms with van der Waals surface area (Å²) in [5.41, 5.74) is 5.40. The van der Waals surface area contributed by atoms with Crippen LogP contribution in [0.2, 0.25) is 0 Å². The number of carbonyl (C=O) groups excluding carboxylic acids is 1. The Kier molecular flexibility index (Phi) is 10.1. The molecule has 0 aliphatic rings. The number of allylic oxidation sites excluding steroid dienone is 2. The normalized spacial score (nSPS) is 11.4. The Hall–Kier alpha value is -4.58. The minimum absolute atomic E-state index is 0. The quantitative estimate of drug-likeness (QED) is 0.0842. The zero-order valence-electron chi connectivity index (χ0n) is 23.8. The Morgan fingerprint density at radius 1 is 0.773 bits per heavy atom. The number of pyridine rings is 1. The van der Waals surface area contributed by atoms with Crippen molar-refractivity contribution in [3.63, 3.8) is 0 Å². The molecule has 223 valence electrons. The third-order valence-electron chi connectivity index (χ3n) is 6.80. The SMILES string of the molecule is CC(=O)/C=C(/C)O.FC(F)(F)c1ccc(-c2cc[c-]c(-c3cc(-c4ccccc4)c4cc5ccccc5cc4n3)c2)cc1.[Ir]. The second-order valence-corrected chi connectivity index (χ2v) is 10.1. The summed E-state index contributed by atoms with van der Waals surface area (Å²) in [4.78, 5) is 15.0. The molecule has 0 fully saturated rings. The van der Waals surface area contributed by atoms with Gasteiger partial charge in [-0.25, -0.2) is 0 Å². The number of rotatable bonds is 4. The first-order chi connectivity index (χ1) is 20.6. The number of ketones is 1. The van der Waals surface area contributed by atoms with Crippen LogP contribution in [0.1, 0.15) is 19.4 Å². The maximum absolute atomic E-state index is 13.0. The second kappa shape index (κ2) is 13.8. The molecule has 0 atom stereocenters. The van der Waals surface area contributed by atoms with Crippen molar-refractivity contribution in [2.45, 2.75) is 20.0 Å². The number of aliphatic hydroxyl groups excluding tert-OH is 1. The van der Waals surface area contributed by atoms with E-state index in [-0.39, 0.29) is 31.6 Å². The van der Waals surface area contributed by atoms with Gasteiger partial charge in [-0.2, -0.15) is 13.2 Å². The van der Waals surface area contributed by atoms with Crippen LogP contribution in [0.3, 0.4) is 0 Å². The van der Waals surface area contributed by atoms with E-state index >= 15 is 0 Å². The molecule has 0 saturated carbocycles. The van der Waals surface area contributed by atoms with Crippen LogP contribution in [0, 0.1) is 6.07 Å². The molecule has 1 N–H and O–H groups in total. The van der Waals surface area contributed by atoms with Gasteiger partial charge in [-0.05, 0) is 71.3 Å². The van der Waals surface area contributed by atoms with Gasteiger partial charge in [0.15, 0.2) is 5.78 Å². The fraction of sp³-hybridized carbons (Fsp3) is 0.0811. The topological polar surface area (TPSA) is 50.2 Å². The maximum Gasteiger partial charge on any atom is 0.416 e. The van der Waals surface area contributed by atoms with Crippen LogP contribution in [0.5, 0.6) is 0 Å². The molecule has 1 heterocycles. The number of fused-ring (bicyclic) bond motifs is 2. The van der Waals surface area contributed by atoms with Crippen molar-refractivity contribution in [2.75, 3.05) is 0 Å². The van der Waals surface area contributed by atoms with Crippen molar-refractivity contribution in [1.82, 2.24) is 4.98 Å². The number of hydrogen-bond acceptors (Lipinski definition) is 3. The van der Waals surface area contributed by atoms with Crippen molar-refractivity contribution < 1.29 is 43.2 Å². The number of aliphatic hydroxyl groups is 1. The van der Waals surface area contributed by atoms with Crippen molar-refractivity contribution in [2.24, 2.45) is 0 Å². The van der Waals surface area contributed by atoms with E-state index in [0.717, 1.165) is 61.8 Å². The molecule has 0 aliphatic heterocycles. The smallest absolute Gasteiger partial charge is 0.416 e. The van der Waals surface area contributed by atoms with E-state index in [2.05, 4.69) is 48.5 Å². The van der Waals surface area contributed by atoms with E-state index in [4.69, 9.17) is 10.1 Å². The third kappa shape index (κ3) is 7.67. The number of aromatic nitrogens is 1. The number of benzene rings is 5. The molecule has 0 amide bonds. The van der Waals surface area contributed by atoms with Gasteiger partial charge >= 0.3 is 6.18 Å². The summed E-state index contributed by atoms with van der Waals surface area (Å²) in [6, 6.07) is 38.8. The summed E-state index contributed by atoms with van der Waals surface area (Å²) in [5.74, 6) is -0.0625. The largest absolute Gasteiger partial charge is 0.512 e. The summed E-state index contributed by atoms with van der Waals surface area (Å²) in [6.45, 7) is 2.85. The van der Waals surface area contributed by atoms with Gasteiger partial charge in [-0.15, -0.1) is 35.4 Å². The molecule has 6 aromatic rings. The first-order valence-corrected chi connectivity index (χ1v) is 13.5. The Labute approximate surface area is 267 Å². The summed E-state index contributed by atoms with van der Waals surface area (Å²) in [6.07, 6.45) is -3.19. The van der Waals surface area contributed by atoms with Crippen molar-refractivity contribution in [3.8, 4) is 33.5 Å². The second-order valence-electron chi connectivity index (χ2n) is 10.1. The number of nitrogens with zero attached hydrogens (tertiary/aromatic N) is 1. The molecule has 1 radical (unpaired) electrons. The molecule has 5 aromatic carbocycles. The monoisotopic (exact) mass is 767 g/mol. The zero-order chi connectivity index (χ0) is 30.6. The van der Waals surface area contributed by atoms with Gasteiger partial charge < -0.3 is 5.11 Å². The van der Waals surface area contributed by atoms with E-state index in [1.165, 1.54) is 32.1 Å². The van der Waals surface area contributed by atoms with Crippen LogP contribution in [-0.2, 0) is 31.1 Å². The summed E-state index contributed by atoms with van der Waals surface area (Å²) >= 11 is 0. The van der Waals surface area contributed by atoms with E-state index in [0.29, 0.717) is 5.56 Å². The minimum atomic E-state index is -4.36. The molecular weight excluding hydrogens is 740 g/mol. The van der Waals surface area contributed by atoms with Crippen LogP contribution in [0.4, 0.5) is 13.2 Å². The maximum atomic E-state index is 13.0. The number of alkyl halides is 3. The molecule has 1 aromatic heterocycles. The third-order valence-corrected chi connectivity index (χ3v) is 6.80. The summed E-state index contributed by atoms with van der Waals surface area (Å²) < 4.78 is 39.0. The van der Waals surface area contributed by atoms with Crippen molar-refractivity contribution >= 4 is 27.5 Å². The molecule has 0 unspecified atom stereocenters. The van der Waals surface area contributed by atoms with Gasteiger partial charge in [0, 0.05) is 31.6 Å². The Bertz CT molecular complexity index is 1950. The standard InChI is InChI=1S/C32H19F3N.C5H8O2.Ir/c33-32(34,35)27-15-13-21(14-16-27)23-11-6-12-26(17-23)30-20-28(22-7-2-1-3-8-22)29-18-24-9-4-5-10-25(24)19-31(29)36-30;1-4(6)3-5(2)7;/h1-11,13-20H;3,6H,1-2H3;/q-1;;/b;4-3-;. The molecule has 3 nitrogen and oxygen atoms in total. The van der Waals surface area contributed by atoms with Gasteiger partial charge in [-0.1, -0.05) is 72.8 Å². The molecule has 0 saturated heterocycles. The first-order valence-electron chi connectivity index (χ1n) is 13.5. The molecule has 0 bridgehead atoms. The van der Waals surface area contributed by atoms with E-state index in [1.54, 1.807) is 6.07 Å². The molecule has 6 rings (SSSR count). The van der Waals surface area contributed by atoms with Gasteiger partial charge in [0.2, 0.25) is 0 Å². The molecule has 0 spiro atoms. The first kappa shape index (κ1) is 32.3. The van der Waals surface area contributed by atoms with Gasteiger partial charge in [0.1, 0.15) is 0 Å². The molecule has 7 heteroatoms. The average molecular weight is 767 g/mol. The fourth-order valence-electron chi connectivity index (χ4n) is 4.85. The van der Waals surface area contributed by atoms with Crippen LogP contribution >= 0.6 is 0 Å². The number of hydrogen-bond donors (Lipinski definition) is 1. The van der Waals surface area contributed by atoms with Crippen LogP contribution in [-0.4, -0.2) is 15.9 Å². The Morgan fingerprint density at radius 3 is 2.00 bits per heavy atom. The molecule has 0 aliphatic carbocycles. The average Bonchev–Trinajstić information content (AvgIpc) is 2.99. The van der Waals surface area contributed by atoms with E-state index in [9.17, 15) is 18.0 Å². The zero-order valence-corrected chi connectivity index (χ0v) is 26.2. The van der Waals surface area contributed by atoms with Crippen LogP contribution < -0.4 is 0 Å². The summed E-state index contributed by atoms with van der Waals surface area (Å²) in [7, 11) is 0. The van der Waals surface area contributed by atoms with Crippen LogP contribution in [0.25, 0.3) is 55.2 Å². The van der Waals surface area contributed by atoms with Crippen LogP contribution in [0.15, 0.2) is 127 Å².